The number of hydrogen-bond donors (Lipinski definition) is 0. The van der Waals surface area contributed by atoms with Crippen molar-refractivity contribution in [2.75, 3.05) is 26.3 Å². The number of ether oxygens (including phenoxy) is 1. The number of thiophene rings is 1. The highest BCUT2D eigenvalue weighted by atomic mass is 35.5. The van der Waals surface area contributed by atoms with Gasteiger partial charge in [-0.2, -0.15) is 0 Å². The van der Waals surface area contributed by atoms with E-state index < -0.39 is 0 Å². The molecule has 2 amide bonds. The van der Waals surface area contributed by atoms with Gasteiger partial charge in [-0.1, -0.05) is 35.3 Å². The van der Waals surface area contributed by atoms with Gasteiger partial charge < -0.3 is 14.5 Å². The average Bonchev–Trinajstić information content (AvgIpc) is 3.25. The molecule has 0 unspecified atom stereocenters. The largest absolute Gasteiger partial charge is 0.382 e. The predicted molar refractivity (Wildman–Crippen MR) is 143 cm³/mol. The Morgan fingerprint density at radius 3 is 2.42 bits per heavy atom. The molecular formula is C27H29Cl2FN2O3S. The summed E-state index contributed by atoms with van der Waals surface area (Å²) in [6.45, 7) is 5.82. The summed E-state index contributed by atoms with van der Waals surface area (Å²) in [4.78, 5) is 31.3. The van der Waals surface area contributed by atoms with Crippen LogP contribution in [0.2, 0.25) is 10.0 Å². The topological polar surface area (TPSA) is 49.9 Å². The number of aryl methyl sites for hydroxylation is 1. The quantitative estimate of drug-likeness (QED) is 0.239. The van der Waals surface area contributed by atoms with Gasteiger partial charge in [0.25, 0.3) is 5.91 Å². The van der Waals surface area contributed by atoms with E-state index in [4.69, 9.17) is 27.9 Å². The smallest absolute Gasteiger partial charge is 0.255 e. The lowest BCUT2D eigenvalue weighted by molar-refractivity contribution is -0.133. The van der Waals surface area contributed by atoms with Crippen molar-refractivity contribution in [1.82, 2.24) is 9.80 Å². The zero-order valence-corrected chi connectivity index (χ0v) is 22.6. The van der Waals surface area contributed by atoms with E-state index in [1.807, 2.05) is 25.3 Å². The van der Waals surface area contributed by atoms with E-state index in [1.165, 1.54) is 23.1 Å². The molecule has 3 rings (SSSR count). The molecule has 5 nitrogen and oxygen atoms in total. The maximum absolute atomic E-state index is 13.6. The number of halogens is 3. The Hall–Kier alpha value is -2.45. The Morgan fingerprint density at radius 1 is 1.03 bits per heavy atom. The van der Waals surface area contributed by atoms with Crippen LogP contribution >= 0.6 is 34.5 Å². The number of hydrogen-bond acceptors (Lipinski definition) is 4. The minimum absolute atomic E-state index is 0.129. The molecule has 192 valence electrons. The first kappa shape index (κ1) is 28.1. The van der Waals surface area contributed by atoms with Gasteiger partial charge in [0.05, 0.1) is 17.1 Å². The number of carbonyl (C=O) groups excluding carboxylic acids is 2. The van der Waals surface area contributed by atoms with Crippen molar-refractivity contribution in [2.24, 2.45) is 0 Å². The molecule has 0 saturated carbocycles. The van der Waals surface area contributed by atoms with Crippen LogP contribution in [0.15, 0.2) is 53.9 Å². The third kappa shape index (κ3) is 8.03. The number of rotatable bonds is 12. The Balaban J connectivity index is 1.83. The first-order chi connectivity index (χ1) is 17.3. The predicted octanol–water partition coefficient (Wildman–Crippen LogP) is 6.60. The highest BCUT2D eigenvalue weighted by Crippen LogP contribution is 2.23. The maximum atomic E-state index is 13.6. The molecule has 0 aliphatic carbocycles. The summed E-state index contributed by atoms with van der Waals surface area (Å²) in [5.74, 6) is -0.908. The average molecular weight is 552 g/mol. The van der Waals surface area contributed by atoms with Gasteiger partial charge in [-0.3, -0.25) is 9.59 Å². The van der Waals surface area contributed by atoms with Crippen LogP contribution in [0.4, 0.5) is 4.39 Å². The summed E-state index contributed by atoms with van der Waals surface area (Å²) in [6, 6.07) is 12.8. The van der Waals surface area contributed by atoms with Crippen LogP contribution in [-0.4, -0.2) is 47.9 Å². The molecular weight excluding hydrogens is 522 g/mol. The molecule has 9 heteroatoms. The molecule has 0 N–H and O–H groups in total. The Morgan fingerprint density at radius 2 is 1.78 bits per heavy atom. The van der Waals surface area contributed by atoms with Crippen LogP contribution < -0.4 is 0 Å². The van der Waals surface area contributed by atoms with Gasteiger partial charge in [-0.05, 0) is 73.2 Å². The molecule has 3 aromatic rings. The van der Waals surface area contributed by atoms with E-state index in [9.17, 15) is 14.0 Å². The van der Waals surface area contributed by atoms with E-state index >= 15 is 0 Å². The number of carbonyl (C=O) groups is 2. The Bertz CT molecular complexity index is 1170. The minimum atomic E-state index is -0.351. The molecule has 0 aliphatic rings. The van der Waals surface area contributed by atoms with Gasteiger partial charge in [0.2, 0.25) is 5.91 Å². The molecule has 1 aromatic heterocycles. The van der Waals surface area contributed by atoms with Gasteiger partial charge >= 0.3 is 0 Å². The number of amides is 2. The highest BCUT2D eigenvalue weighted by Gasteiger charge is 2.24. The van der Waals surface area contributed by atoms with Crippen molar-refractivity contribution in [3.63, 3.8) is 0 Å². The van der Waals surface area contributed by atoms with E-state index in [2.05, 4.69) is 0 Å². The maximum Gasteiger partial charge on any atom is 0.255 e. The monoisotopic (exact) mass is 550 g/mol. The molecule has 0 atom stereocenters. The highest BCUT2D eigenvalue weighted by molar-refractivity contribution is 7.10. The summed E-state index contributed by atoms with van der Waals surface area (Å²) in [5.41, 5.74) is 2.17. The number of benzene rings is 2. The van der Waals surface area contributed by atoms with Gasteiger partial charge in [-0.25, -0.2) is 4.39 Å². The molecule has 0 aliphatic heterocycles. The van der Waals surface area contributed by atoms with Crippen molar-refractivity contribution in [2.45, 2.75) is 33.4 Å². The molecule has 1 heterocycles. The van der Waals surface area contributed by atoms with Gasteiger partial charge in [0.15, 0.2) is 0 Å². The van der Waals surface area contributed by atoms with Crippen LogP contribution in [-0.2, 0) is 22.6 Å². The SMILES string of the molecule is CCOCCCN(CC(=O)N(Cc1ccc(F)cc1)Cc1sccc1C)C(=O)c1ccc(Cl)cc1Cl. The minimum Gasteiger partial charge on any atom is -0.382 e. The van der Waals surface area contributed by atoms with E-state index in [1.54, 1.807) is 40.5 Å². The molecule has 36 heavy (non-hydrogen) atoms. The second kappa shape index (κ2) is 13.7. The van der Waals surface area contributed by atoms with E-state index in [0.717, 1.165) is 16.0 Å². The van der Waals surface area contributed by atoms with Crippen LogP contribution in [0.5, 0.6) is 0 Å². The molecule has 0 radical (unpaired) electrons. The summed E-state index contributed by atoms with van der Waals surface area (Å²) in [5, 5.41) is 2.64. The van der Waals surface area contributed by atoms with Crippen molar-refractivity contribution in [3.05, 3.63) is 91.3 Å². The summed E-state index contributed by atoms with van der Waals surface area (Å²) >= 11 is 13.9. The first-order valence-corrected chi connectivity index (χ1v) is 13.3. The first-order valence-electron chi connectivity index (χ1n) is 11.7. The van der Waals surface area contributed by atoms with Gasteiger partial charge in [0, 0.05) is 36.2 Å². The summed E-state index contributed by atoms with van der Waals surface area (Å²) < 4.78 is 18.9. The van der Waals surface area contributed by atoms with Crippen LogP contribution in [0.3, 0.4) is 0 Å². The van der Waals surface area contributed by atoms with E-state index in [0.29, 0.717) is 44.3 Å². The summed E-state index contributed by atoms with van der Waals surface area (Å²) in [7, 11) is 0. The fourth-order valence-corrected chi connectivity index (χ4v) is 5.04. The molecule has 0 saturated heterocycles. The van der Waals surface area contributed by atoms with Crippen LogP contribution in [0.1, 0.15) is 39.7 Å². The fourth-order valence-electron chi connectivity index (χ4n) is 3.63. The normalized spacial score (nSPS) is 10.9. The lowest BCUT2D eigenvalue weighted by Crippen LogP contribution is -2.43. The van der Waals surface area contributed by atoms with Crippen LogP contribution in [0, 0.1) is 12.7 Å². The summed E-state index contributed by atoms with van der Waals surface area (Å²) in [6.07, 6.45) is 0.570. The van der Waals surface area contributed by atoms with Crippen molar-refractivity contribution >= 4 is 46.4 Å². The third-order valence-electron chi connectivity index (χ3n) is 5.64. The zero-order valence-electron chi connectivity index (χ0n) is 20.3. The molecule has 2 aromatic carbocycles. The molecule has 0 spiro atoms. The lowest BCUT2D eigenvalue weighted by Gasteiger charge is -2.28. The van der Waals surface area contributed by atoms with Crippen molar-refractivity contribution < 1.29 is 18.7 Å². The van der Waals surface area contributed by atoms with Gasteiger partial charge in [-0.15, -0.1) is 11.3 Å². The zero-order chi connectivity index (χ0) is 26.1. The number of nitrogens with zero attached hydrogens (tertiary/aromatic N) is 2. The molecule has 0 bridgehead atoms. The van der Waals surface area contributed by atoms with Crippen molar-refractivity contribution in [1.29, 1.82) is 0 Å². The van der Waals surface area contributed by atoms with Crippen molar-refractivity contribution in [3.8, 4) is 0 Å². The molecule has 0 fully saturated rings. The van der Waals surface area contributed by atoms with Crippen LogP contribution in [0.25, 0.3) is 0 Å². The Labute approximate surface area is 225 Å². The van der Waals surface area contributed by atoms with E-state index in [-0.39, 0.29) is 34.8 Å². The third-order valence-corrected chi connectivity index (χ3v) is 7.19. The second-order valence-electron chi connectivity index (χ2n) is 8.30. The fraction of sp³-hybridized carbons (Fsp3) is 0.333. The lowest BCUT2D eigenvalue weighted by atomic mass is 10.1. The second-order valence-corrected chi connectivity index (χ2v) is 10.1. The Kier molecular flexibility index (Phi) is 10.7. The standard InChI is InChI=1S/C27H29Cl2FN2O3S/c1-3-35-13-4-12-31(27(34)23-10-7-21(28)15-24(23)29)18-26(33)32(17-25-19(2)11-14-36-25)16-20-5-8-22(30)9-6-20/h5-11,14-15H,3-4,12-13,16-18H2,1-2H3. The van der Waals surface area contributed by atoms with Gasteiger partial charge in [0.1, 0.15) is 12.4 Å².